The van der Waals surface area contributed by atoms with Crippen molar-refractivity contribution in [3.8, 4) is 5.75 Å². The Morgan fingerprint density at radius 1 is 0.692 bits per heavy atom. The summed E-state index contributed by atoms with van der Waals surface area (Å²) in [5.74, 6) is -5.09. The van der Waals surface area contributed by atoms with E-state index in [0.29, 0.717) is 12.4 Å². The third kappa shape index (κ3) is 15.3. The quantitative estimate of drug-likeness (QED) is 0.129. The van der Waals surface area contributed by atoms with Gasteiger partial charge in [0.15, 0.2) is 0 Å². The van der Waals surface area contributed by atoms with E-state index in [0.717, 1.165) is 5.56 Å². The molecule has 1 unspecified atom stereocenters. The second-order valence-corrected chi connectivity index (χ2v) is 8.89. The maximum atomic E-state index is 11.6. The lowest BCUT2D eigenvalue weighted by atomic mass is 10.0. The summed E-state index contributed by atoms with van der Waals surface area (Å²) >= 11 is 0. The topological polar surface area (TPSA) is 205 Å². The average Bonchev–Trinajstić information content (AvgIpc) is 2.83. The number of rotatable bonds is 22. The van der Waals surface area contributed by atoms with Gasteiger partial charge in [-0.25, -0.2) is 0 Å². The number of nitrogens with zero attached hydrogens (tertiary/aromatic N) is 3. The molecule has 14 nitrogen and oxygen atoms in total. The second kappa shape index (κ2) is 17.7. The Hall–Kier alpha value is -3.75. The molecule has 218 valence electrons. The molecule has 0 saturated carbocycles. The molecule has 0 radical (unpaired) electrons. The lowest BCUT2D eigenvalue weighted by molar-refractivity contribution is -0.142. The van der Waals surface area contributed by atoms with Gasteiger partial charge in [-0.05, 0) is 31.0 Å². The van der Waals surface area contributed by atoms with Crippen molar-refractivity contribution < 1.29 is 54.2 Å². The highest BCUT2D eigenvalue weighted by Crippen LogP contribution is 2.17. The smallest absolute Gasteiger partial charge is 0.317 e. The summed E-state index contributed by atoms with van der Waals surface area (Å²) < 4.78 is 5.45. The average molecular weight is 556 g/mol. The first kappa shape index (κ1) is 33.3. The van der Waals surface area contributed by atoms with Crippen LogP contribution >= 0.6 is 0 Å². The van der Waals surface area contributed by atoms with Crippen LogP contribution in [-0.2, 0) is 30.4 Å². The van der Waals surface area contributed by atoms with Crippen molar-refractivity contribution in [1.82, 2.24) is 14.7 Å². The van der Waals surface area contributed by atoms with Gasteiger partial charge >= 0.3 is 29.8 Å². The minimum absolute atomic E-state index is 0.0340. The van der Waals surface area contributed by atoms with Gasteiger partial charge in [0.05, 0.1) is 39.1 Å². The van der Waals surface area contributed by atoms with Crippen LogP contribution in [0.1, 0.15) is 25.3 Å². The Labute approximate surface area is 226 Å². The largest absolute Gasteiger partial charge is 0.494 e. The van der Waals surface area contributed by atoms with E-state index in [1.165, 1.54) is 14.7 Å². The first-order valence-electron chi connectivity index (χ1n) is 12.4. The normalized spacial score (nSPS) is 12.0. The van der Waals surface area contributed by atoms with Crippen LogP contribution < -0.4 is 4.74 Å². The highest BCUT2D eigenvalue weighted by molar-refractivity contribution is 5.70. The fourth-order valence-electron chi connectivity index (χ4n) is 4.00. The summed E-state index contributed by atoms with van der Waals surface area (Å²) in [6.45, 7) is 0.954. The molecular weight excluding hydrogens is 518 g/mol. The van der Waals surface area contributed by atoms with Gasteiger partial charge in [-0.1, -0.05) is 12.1 Å². The van der Waals surface area contributed by atoms with E-state index in [9.17, 15) is 39.3 Å². The Balaban J connectivity index is 3.21. The van der Waals surface area contributed by atoms with Gasteiger partial charge in [0.1, 0.15) is 5.75 Å². The number of hydrogen-bond donors (Lipinski definition) is 5. The fraction of sp³-hybridized carbons (Fsp3) is 0.560. The molecule has 0 spiro atoms. The summed E-state index contributed by atoms with van der Waals surface area (Å²) in [6.07, 6.45) is -0.352. The van der Waals surface area contributed by atoms with Gasteiger partial charge in [0, 0.05) is 38.8 Å². The van der Waals surface area contributed by atoms with E-state index in [2.05, 4.69) is 0 Å². The summed E-state index contributed by atoms with van der Waals surface area (Å²) in [5, 5.41) is 46.3. The molecule has 0 aliphatic carbocycles. The number of carboxylic acids is 5. The molecule has 1 aromatic rings. The summed E-state index contributed by atoms with van der Waals surface area (Å²) in [7, 11) is 0. The molecule has 39 heavy (non-hydrogen) atoms. The summed E-state index contributed by atoms with van der Waals surface area (Å²) in [6, 6.07) is 6.46. The number of carbonyl (C=O) groups is 5. The third-order valence-electron chi connectivity index (χ3n) is 5.73. The van der Waals surface area contributed by atoms with Crippen molar-refractivity contribution in [3.63, 3.8) is 0 Å². The van der Waals surface area contributed by atoms with Crippen LogP contribution in [0.3, 0.4) is 0 Å². The number of carboxylic acid groups (broad SMARTS) is 5. The maximum absolute atomic E-state index is 11.6. The molecule has 0 aromatic heterocycles. The Morgan fingerprint density at radius 3 is 1.72 bits per heavy atom. The fourth-order valence-corrected chi connectivity index (χ4v) is 4.00. The number of hydrogen-bond acceptors (Lipinski definition) is 9. The van der Waals surface area contributed by atoms with E-state index in [1.807, 2.05) is 6.92 Å². The van der Waals surface area contributed by atoms with Gasteiger partial charge in [-0.2, -0.15) is 0 Å². The van der Waals surface area contributed by atoms with Crippen LogP contribution in [0, 0.1) is 0 Å². The second-order valence-electron chi connectivity index (χ2n) is 8.89. The molecule has 14 heteroatoms. The molecule has 5 N–H and O–H groups in total. The zero-order valence-corrected chi connectivity index (χ0v) is 21.9. The van der Waals surface area contributed by atoms with Crippen molar-refractivity contribution >= 4 is 29.8 Å². The first-order valence-corrected chi connectivity index (χ1v) is 12.4. The van der Waals surface area contributed by atoms with Gasteiger partial charge in [0.2, 0.25) is 0 Å². The van der Waals surface area contributed by atoms with Crippen LogP contribution in [0.25, 0.3) is 0 Å². The Morgan fingerprint density at radius 2 is 1.21 bits per heavy atom. The van der Waals surface area contributed by atoms with Crippen LogP contribution in [0.5, 0.6) is 5.75 Å². The minimum Gasteiger partial charge on any atom is -0.494 e. The van der Waals surface area contributed by atoms with Gasteiger partial charge in [0.25, 0.3) is 0 Å². The van der Waals surface area contributed by atoms with E-state index >= 15 is 0 Å². The number of aliphatic carboxylic acids is 5. The van der Waals surface area contributed by atoms with E-state index in [1.54, 1.807) is 24.3 Å². The molecule has 0 fully saturated rings. The lowest BCUT2D eigenvalue weighted by Gasteiger charge is -2.35. The predicted octanol–water partition coefficient (Wildman–Crippen LogP) is 0.106. The van der Waals surface area contributed by atoms with Crippen LogP contribution in [0.15, 0.2) is 24.3 Å². The van der Waals surface area contributed by atoms with E-state index in [-0.39, 0.29) is 52.0 Å². The predicted molar refractivity (Wildman–Crippen MR) is 137 cm³/mol. The maximum Gasteiger partial charge on any atom is 0.317 e. The standard InChI is InChI=1S/C25H37N3O11/c1-2-39-20-5-3-18(4-6-20)13-19(28(17-25(37)38)10-8-22(31)32)14-27(16-24(35)36)12-11-26(15-23(33)34)9-7-21(29)30/h3-6,19H,2,7-17H2,1H3,(H,29,30)(H,31,32)(H,33,34)(H,35,36)(H,37,38). The van der Waals surface area contributed by atoms with E-state index in [4.69, 9.17) is 14.9 Å². The molecule has 0 saturated heterocycles. The SMILES string of the molecule is CCOc1ccc(CC(CN(CCN(CCC(=O)O)CC(=O)O)CC(=O)O)N(CCC(=O)O)CC(=O)O)cc1. The molecule has 1 rings (SSSR count). The molecule has 0 amide bonds. The lowest BCUT2D eigenvalue weighted by Crippen LogP contribution is -2.50. The summed E-state index contributed by atoms with van der Waals surface area (Å²) in [5.41, 5.74) is 0.790. The van der Waals surface area contributed by atoms with E-state index < -0.39 is 55.5 Å². The third-order valence-corrected chi connectivity index (χ3v) is 5.73. The van der Waals surface area contributed by atoms with Crippen molar-refractivity contribution in [2.45, 2.75) is 32.2 Å². The zero-order valence-electron chi connectivity index (χ0n) is 21.9. The number of benzene rings is 1. The van der Waals surface area contributed by atoms with Gasteiger partial charge < -0.3 is 30.3 Å². The molecule has 1 atom stereocenters. The highest BCUT2D eigenvalue weighted by Gasteiger charge is 2.26. The van der Waals surface area contributed by atoms with Crippen LogP contribution in [0.4, 0.5) is 0 Å². The number of ether oxygens (including phenoxy) is 1. The van der Waals surface area contributed by atoms with Crippen LogP contribution in [0.2, 0.25) is 0 Å². The monoisotopic (exact) mass is 555 g/mol. The van der Waals surface area contributed by atoms with Gasteiger partial charge in [-0.15, -0.1) is 0 Å². The van der Waals surface area contributed by atoms with Crippen molar-refractivity contribution in [3.05, 3.63) is 29.8 Å². The minimum atomic E-state index is -1.18. The Kier molecular flexibility index (Phi) is 15.1. The first-order chi connectivity index (χ1) is 18.4. The molecular formula is C25H37N3O11. The Bertz CT molecular complexity index is 955. The highest BCUT2D eigenvalue weighted by atomic mass is 16.5. The molecule has 0 aliphatic rings. The van der Waals surface area contributed by atoms with Crippen molar-refractivity contribution in [1.29, 1.82) is 0 Å². The zero-order chi connectivity index (χ0) is 29.4. The molecule has 0 aliphatic heterocycles. The van der Waals surface area contributed by atoms with Gasteiger partial charge in [-0.3, -0.25) is 38.7 Å². The molecule has 0 bridgehead atoms. The van der Waals surface area contributed by atoms with Crippen LogP contribution in [-0.4, -0.2) is 135 Å². The molecule has 1 aromatic carbocycles. The van der Waals surface area contributed by atoms with Crippen molar-refractivity contribution in [2.75, 3.05) is 59.0 Å². The van der Waals surface area contributed by atoms with Crippen molar-refractivity contribution in [2.24, 2.45) is 0 Å². The molecule has 0 heterocycles. The summed E-state index contributed by atoms with van der Waals surface area (Å²) in [4.78, 5) is 61.0.